The number of carboxylic acids is 2. The third kappa shape index (κ3) is 5.87. The van der Waals surface area contributed by atoms with Crippen LogP contribution in [0.15, 0.2) is 36.5 Å². The molecule has 1 aromatic carbocycles. The Morgan fingerprint density at radius 3 is 2.39 bits per heavy atom. The minimum absolute atomic E-state index is 0.215. The van der Waals surface area contributed by atoms with Gasteiger partial charge in [-0.15, -0.1) is 0 Å². The molecule has 0 amide bonds. The van der Waals surface area contributed by atoms with E-state index in [1.165, 1.54) is 0 Å². The van der Waals surface area contributed by atoms with E-state index >= 15 is 0 Å². The van der Waals surface area contributed by atoms with Gasteiger partial charge in [-0.25, -0.2) is 4.79 Å². The Kier molecular flexibility index (Phi) is 5.96. The minimum atomic E-state index is -5.08. The van der Waals surface area contributed by atoms with Gasteiger partial charge in [0, 0.05) is 16.6 Å². The molecule has 1 aromatic heterocycles. The van der Waals surface area contributed by atoms with E-state index in [1.807, 2.05) is 30.3 Å². The lowest BCUT2D eigenvalue weighted by Gasteiger charge is -2.04. The van der Waals surface area contributed by atoms with Gasteiger partial charge in [-0.05, 0) is 6.07 Å². The number of hydrogen-bond acceptors (Lipinski definition) is 4. The van der Waals surface area contributed by atoms with Crippen LogP contribution >= 0.6 is 0 Å². The van der Waals surface area contributed by atoms with Crippen LogP contribution in [0.4, 0.5) is 13.2 Å². The summed E-state index contributed by atoms with van der Waals surface area (Å²) in [6.07, 6.45) is -3.34. The third-order valence-electron chi connectivity index (χ3n) is 2.58. The van der Waals surface area contributed by atoms with Gasteiger partial charge in [-0.1, -0.05) is 22.9 Å². The van der Waals surface area contributed by atoms with Gasteiger partial charge >= 0.3 is 12.1 Å². The van der Waals surface area contributed by atoms with Crippen LogP contribution in [0.5, 0.6) is 0 Å². The number of nitrogens with zero attached hydrogens (tertiary/aromatic N) is 2. The average Bonchev–Trinajstić information content (AvgIpc) is 2.46. The fourth-order valence-corrected chi connectivity index (χ4v) is 1.46. The number of aromatic nitrogens is 2. The predicted octanol–water partition coefficient (Wildman–Crippen LogP) is -1.48. The maximum atomic E-state index is 10.6. The maximum Gasteiger partial charge on any atom is 0.490 e. The molecule has 2 rings (SSSR count). The molecule has 0 aliphatic rings. The Labute approximate surface area is 127 Å². The van der Waals surface area contributed by atoms with Crippen LogP contribution in [0.25, 0.3) is 10.9 Å². The Hall–Kier alpha value is -2.75. The van der Waals surface area contributed by atoms with Crippen LogP contribution in [0.1, 0.15) is 0 Å². The second-order valence-corrected chi connectivity index (χ2v) is 4.42. The molecule has 23 heavy (non-hydrogen) atoms. The van der Waals surface area contributed by atoms with Gasteiger partial charge in [0.2, 0.25) is 6.54 Å². The number of alkyl halides is 3. The molecule has 10 heteroatoms. The number of aliphatic carboxylic acids is 2. The topological polar surface area (TPSA) is 122 Å². The summed E-state index contributed by atoms with van der Waals surface area (Å²) in [4.78, 5) is 19.4. The number of rotatable bonds is 3. The standard InChI is InChI=1S/C11H11N3O2.C2HF3O2/c12-9(11(15)16)7-14-6-5-8-3-1-2-4-10(8)13-14;3-2(4,5)1(6)7/h1-6,9H,7,12H2;(H,6,7)/p+1/t9-;/m0./s1. The molecule has 0 bridgehead atoms. The van der Waals surface area contributed by atoms with Crippen LogP contribution in [-0.2, 0) is 16.1 Å². The van der Waals surface area contributed by atoms with Gasteiger partial charge in [0.05, 0.1) is 0 Å². The lowest BCUT2D eigenvalue weighted by atomic mass is 10.2. The van der Waals surface area contributed by atoms with Gasteiger partial charge < -0.3 is 20.7 Å². The van der Waals surface area contributed by atoms with Crippen molar-refractivity contribution in [3.8, 4) is 0 Å². The van der Waals surface area contributed by atoms with Gasteiger partial charge in [0.15, 0.2) is 12.2 Å². The van der Waals surface area contributed by atoms with Crippen LogP contribution in [-0.4, -0.2) is 34.4 Å². The van der Waals surface area contributed by atoms with Crippen molar-refractivity contribution in [1.82, 2.24) is 5.10 Å². The number of benzene rings is 1. The third-order valence-corrected chi connectivity index (χ3v) is 2.58. The summed E-state index contributed by atoms with van der Waals surface area (Å²) < 4.78 is 33.3. The smallest absolute Gasteiger partial charge is 0.490 e. The average molecular weight is 332 g/mol. The van der Waals surface area contributed by atoms with Crippen molar-refractivity contribution in [2.75, 3.05) is 0 Å². The number of carbonyl (C=O) groups excluding carboxylic acids is 1. The van der Waals surface area contributed by atoms with Crippen molar-refractivity contribution >= 4 is 22.8 Å². The van der Waals surface area contributed by atoms with E-state index in [4.69, 9.17) is 9.90 Å². The van der Waals surface area contributed by atoms with Gasteiger partial charge in [0.25, 0.3) is 0 Å². The first-order chi connectivity index (χ1) is 10.6. The lowest BCUT2D eigenvalue weighted by Crippen LogP contribution is -2.73. The monoisotopic (exact) mass is 332 g/mol. The summed E-state index contributed by atoms with van der Waals surface area (Å²) in [5.41, 5.74) is 4.32. The van der Waals surface area contributed by atoms with E-state index in [2.05, 4.69) is 10.8 Å². The van der Waals surface area contributed by atoms with Crippen LogP contribution in [0.3, 0.4) is 0 Å². The fraction of sp³-hybridized carbons (Fsp3) is 0.231. The highest BCUT2D eigenvalue weighted by Gasteiger charge is 2.38. The highest BCUT2D eigenvalue weighted by atomic mass is 19.4. The van der Waals surface area contributed by atoms with Crippen molar-refractivity contribution in [3.05, 3.63) is 36.5 Å². The van der Waals surface area contributed by atoms with Crippen molar-refractivity contribution < 1.29 is 43.4 Å². The molecule has 1 heterocycles. The van der Waals surface area contributed by atoms with E-state index in [0.29, 0.717) is 0 Å². The molecular formula is C13H13F3N3O4+. The lowest BCUT2D eigenvalue weighted by molar-refractivity contribution is -0.769. The number of hydrogen-bond donors (Lipinski definition) is 2. The molecule has 0 spiro atoms. The summed E-state index contributed by atoms with van der Waals surface area (Å²) in [6, 6.07) is 8.75. The largest absolute Gasteiger partial charge is 0.544 e. The van der Waals surface area contributed by atoms with Crippen molar-refractivity contribution in [2.24, 2.45) is 0 Å². The first kappa shape index (κ1) is 18.3. The van der Waals surface area contributed by atoms with Crippen LogP contribution in [0.2, 0.25) is 0 Å². The van der Waals surface area contributed by atoms with Gasteiger partial charge in [-0.2, -0.15) is 13.2 Å². The second kappa shape index (κ2) is 7.49. The molecule has 0 fully saturated rings. The van der Waals surface area contributed by atoms with Crippen molar-refractivity contribution in [2.45, 2.75) is 18.8 Å². The normalized spacial score (nSPS) is 12.2. The summed E-state index contributed by atoms with van der Waals surface area (Å²) in [7, 11) is 0. The molecule has 2 aromatic rings. The first-order valence-corrected chi connectivity index (χ1v) is 6.21. The molecule has 0 aliphatic carbocycles. The zero-order valence-electron chi connectivity index (χ0n) is 11.7. The van der Waals surface area contributed by atoms with Gasteiger partial charge in [0.1, 0.15) is 11.5 Å². The molecule has 0 radical (unpaired) electrons. The summed E-state index contributed by atoms with van der Waals surface area (Å²) >= 11 is 0. The number of carboxylic acid groups (broad SMARTS) is 2. The van der Waals surface area contributed by atoms with Crippen molar-refractivity contribution in [3.63, 3.8) is 0 Å². The molecular weight excluding hydrogens is 319 g/mol. The molecule has 4 N–H and O–H groups in total. The summed E-state index contributed by atoms with van der Waals surface area (Å²) in [5, 5.41) is 23.0. The SMILES string of the molecule is O=C(O)C(F)(F)F.[NH3+][C@@H](C[n+]1ccc2ccccc2n1)C(=O)[O-]. The fourth-order valence-electron chi connectivity index (χ4n) is 1.46. The predicted molar refractivity (Wildman–Crippen MR) is 67.3 cm³/mol. The van der Waals surface area contributed by atoms with E-state index in [-0.39, 0.29) is 6.54 Å². The van der Waals surface area contributed by atoms with Crippen molar-refractivity contribution in [1.29, 1.82) is 0 Å². The first-order valence-electron chi connectivity index (χ1n) is 6.21. The van der Waals surface area contributed by atoms with E-state index in [0.717, 1.165) is 10.9 Å². The zero-order chi connectivity index (χ0) is 17.6. The molecule has 7 nitrogen and oxygen atoms in total. The number of halogens is 3. The van der Waals surface area contributed by atoms with Crippen LogP contribution in [0, 0.1) is 0 Å². The Balaban J connectivity index is 0.000000322. The molecule has 124 valence electrons. The summed E-state index contributed by atoms with van der Waals surface area (Å²) in [5.74, 6) is -3.92. The number of fused-ring (bicyclic) bond motifs is 1. The van der Waals surface area contributed by atoms with Gasteiger partial charge in [-0.3, -0.25) is 0 Å². The second-order valence-electron chi connectivity index (χ2n) is 4.42. The van der Waals surface area contributed by atoms with E-state index in [9.17, 15) is 23.1 Å². The zero-order valence-corrected chi connectivity index (χ0v) is 11.7. The highest BCUT2D eigenvalue weighted by Crippen LogP contribution is 2.13. The summed E-state index contributed by atoms with van der Waals surface area (Å²) in [6.45, 7) is 0.215. The van der Waals surface area contributed by atoms with E-state index in [1.54, 1.807) is 10.9 Å². The molecule has 0 saturated carbocycles. The van der Waals surface area contributed by atoms with E-state index < -0.39 is 24.2 Å². The minimum Gasteiger partial charge on any atom is -0.544 e. The highest BCUT2D eigenvalue weighted by molar-refractivity contribution is 5.76. The number of quaternary nitrogens is 1. The molecule has 0 aliphatic heterocycles. The quantitative estimate of drug-likeness (QED) is 0.664. The molecule has 0 unspecified atom stereocenters. The van der Waals surface area contributed by atoms with Crippen LogP contribution < -0.4 is 15.5 Å². The molecule has 1 atom stereocenters. The molecule has 0 saturated heterocycles. The Morgan fingerprint density at radius 1 is 1.30 bits per heavy atom. The Bertz CT molecular complexity index is 706. The Morgan fingerprint density at radius 2 is 1.87 bits per heavy atom. The number of carbonyl (C=O) groups is 2. The maximum absolute atomic E-state index is 10.6.